The summed E-state index contributed by atoms with van der Waals surface area (Å²) in [5, 5.41) is 13.3. The molecular weight excluding hydrogens is 960 g/mol. The van der Waals surface area contributed by atoms with E-state index in [0.717, 1.165) is 129 Å². The molecule has 69 heavy (non-hydrogen) atoms. The van der Waals surface area contributed by atoms with Gasteiger partial charge in [-0.2, -0.15) is 15.6 Å². The van der Waals surface area contributed by atoms with Gasteiger partial charge in [0, 0.05) is 33.9 Å². The Labute approximate surface area is 420 Å². The zero-order valence-corrected chi connectivity index (χ0v) is 41.1. The standard InChI is InChI=1S/C27H27Cl2FN4O.C26H23Cl2FN4O/c1-34(14-3-2-4-15-34)32-27(35)25-22-7-5-6-19(16-18-8-11-21(30)12-9-18)26(22)33(31-25)24-13-10-20(28)17-23(24)29;27-19-9-12-23(22(28)16-19)33-25-18(15-17-7-10-20(29)11-8-17)5-4-6-21(25)24(30-33)26(34)31-32-13-2-1-3-14-32/h8-13,16-17H,2-7,14-15H2,1H3;2,7-13,15-16H,1,3-6,14H2,(H,31,34)/p+1/b19-16+;18-15+. The molecule has 4 aliphatic rings. The predicted octanol–water partition coefficient (Wildman–Crippen LogP) is 12.9. The number of carbonyl (C=O) groups is 2. The van der Waals surface area contributed by atoms with Crippen molar-refractivity contribution in [2.45, 2.75) is 70.6 Å². The zero-order chi connectivity index (χ0) is 48.2. The van der Waals surface area contributed by atoms with Crippen molar-refractivity contribution in [2.24, 2.45) is 0 Å². The van der Waals surface area contributed by atoms with Gasteiger partial charge in [0.05, 0.1) is 39.9 Å². The first kappa shape index (κ1) is 48.3. The molecule has 0 atom stereocenters. The van der Waals surface area contributed by atoms with Gasteiger partial charge < -0.3 is 0 Å². The minimum Gasteiger partial charge on any atom is -0.293 e. The van der Waals surface area contributed by atoms with Crippen molar-refractivity contribution in [1.82, 2.24) is 35.4 Å². The topological polar surface area (TPSA) is 97.1 Å². The van der Waals surface area contributed by atoms with Crippen LogP contribution in [0.1, 0.15) is 112 Å². The van der Waals surface area contributed by atoms with Gasteiger partial charge in [0.1, 0.15) is 24.7 Å². The maximum atomic E-state index is 13.6. The number of hydrazine groups is 1. The molecule has 16 heteroatoms. The normalized spacial score (nSPS) is 17.5. The minimum atomic E-state index is -0.282. The quantitative estimate of drug-likeness (QED) is 0.148. The van der Waals surface area contributed by atoms with E-state index >= 15 is 0 Å². The molecule has 1 saturated heterocycles. The molecule has 0 unspecified atom stereocenters. The number of rotatable bonds is 8. The van der Waals surface area contributed by atoms with Crippen LogP contribution in [0.5, 0.6) is 0 Å². The van der Waals surface area contributed by atoms with Gasteiger partial charge in [0.15, 0.2) is 11.4 Å². The lowest BCUT2D eigenvalue weighted by atomic mass is 9.89. The van der Waals surface area contributed by atoms with Crippen molar-refractivity contribution < 1.29 is 23.0 Å². The zero-order valence-electron chi connectivity index (χ0n) is 38.1. The van der Waals surface area contributed by atoms with Crippen molar-refractivity contribution in [3.8, 4) is 11.4 Å². The van der Waals surface area contributed by atoms with E-state index in [0.29, 0.717) is 47.4 Å². The van der Waals surface area contributed by atoms with Crippen LogP contribution in [0.25, 0.3) is 34.7 Å². The number of nitrogens with one attached hydrogen (secondary N) is 2. The third-order valence-corrected chi connectivity index (χ3v) is 14.0. The lowest BCUT2D eigenvalue weighted by Crippen LogP contribution is -2.59. The number of fused-ring (bicyclic) bond motifs is 2. The summed E-state index contributed by atoms with van der Waals surface area (Å²) >= 11 is 25.4. The van der Waals surface area contributed by atoms with Gasteiger partial charge in [-0.3, -0.25) is 20.0 Å². The number of nitrogens with zero attached hydrogens (tertiary/aromatic N) is 6. The van der Waals surface area contributed by atoms with Gasteiger partial charge in [-0.25, -0.2) is 22.7 Å². The Morgan fingerprint density at radius 2 is 1.12 bits per heavy atom. The van der Waals surface area contributed by atoms with E-state index < -0.39 is 0 Å². The molecule has 10 nitrogen and oxygen atoms in total. The molecule has 0 radical (unpaired) electrons. The molecular formula is C53H51Cl4F2N8O2+. The number of halogens is 6. The Morgan fingerprint density at radius 3 is 1.58 bits per heavy atom. The molecule has 2 N–H and O–H groups in total. The number of piperidine rings is 1. The first-order valence-electron chi connectivity index (χ1n) is 23.3. The average Bonchev–Trinajstić information content (AvgIpc) is 3.92. The molecule has 4 heterocycles. The summed E-state index contributed by atoms with van der Waals surface area (Å²) in [6.07, 6.45) is 18.2. The highest BCUT2D eigenvalue weighted by molar-refractivity contribution is 6.36. The van der Waals surface area contributed by atoms with Crippen LogP contribution in [0.2, 0.25) is 20.1 Å². The van der Waals surface area contributed by atoms with Crippen LogP contribution in [0.3, 0.4) is 0 Å². The molecule has 356 valence electrons. The van der Waals surface area contributed by atoms with Crippen molar-refractivity contribution in [3.63, 3.8) is 0 Å². The summed E-state index contributed by atoms with van der Waals surface area (Å²) in [6.45, 7) is 2.57. The third-order valence-electron chi connectivity index (χ3n) is 12.9. The van der Waals surface area contributed by atoms with Crippen molar-refractivity contribution in [2.75, 3.05) is 26.7 Å². The van der Waals surface area contributed by atoms with Gasteiger partial charge in [-0.05, 0) is 166 Å². The summed E-state index contributed by atoms with van der Waals surface area (Å²) in [5.41, 5.74) is 15.6. The fourth-order valence-corrected chi connectivity index (χ4v) is 10.5. The van der Waals surface area contributed by atoms with E-state index in [1.54, 1.807) is 69.0 Å². The van der Waals surface area contributed by atoms with E-state index in [-0.39, 0.29) is 23.4 Å². The van der Waals surface area contributed by atoms with Crippen LogP contribution in [0, 0.1) is 11.6 Å². The van der Waals surface area contributed by atoms with Gasteiger partial charge >= 0.3 is 5.91 Å². The van der Waals surface area contributed by atoms with E-state index in [4.69, 9.17) is 56.6 Å². The molecule has 2 aliphatic heterocycles. The predicted molar refractivity (Wildman–Crippen MR) is 271 cm³/mol. The molecule has 0 saturated carbocycles. The first-order valence-corrected chi connectivity index (χ1v) is 24.8. The molecule has 2 amide bonds. The molecule has 1 fully saturated rings. The summed E-state index contributed by atoms with van der Waals surface area (Å²) in [4.78, 5) is 26.9. The van der Waals surface area contributed by atoms with Gasteiger partial charge in [0.2, 0.25) is 0 Å². The van der Waals surface area contributed by atoms with Gasteiger partial charge in [0.25, 0.3) is 5.91 Å². The van der Waals surface area contributed by atoms with Crippen molar-refractivity contribution in [1.29, 1.82) is 0 Å². The Balaban J connectivity index is 0.000000172. The minimum absolute atomic E-state index is 0.169. The highest BCUT2D eigenvalue weighted by Gasteiger charge is 2.34. The third kappa shape index (κ3) is 11.0. The maximum absolute atomic E-state index is 13.6. The lowest BCUT2D eigenvalue weighted by molar-refractivity contribution is -0.947. The van der Waals surface area contributed by atoms with Crippen LogP contribution >= 0.6 is 46.4 Å². The highest BCUT2D eigenvalue weighted by Crippen LogP contribution is 2.40. The smallest absolute Gasteiger partial charge is 0.293 e. The second-order valence-electron chi connectivity index (χ2n) is 18.0. The summed E-state index contributed by atoms with van der Waals surface area (Å²) in [7, 11) is 2.07. The summed E-state index contributed by atoms with van der Waals surface area (Å²) < 4.78 is 30.9. The van der Waals surface area contributed by atoms with Crippen LogP contribution < -0.4 is 10.9 Å². The lowest BCUT2D eigenvalue weighted by Gasteiger charge is -2.36. The first-order chi connectivity index (χ1) is 33.3. The van der Waals surface area contributed by atoms with E-state index in [1.807, 2.05) is 30.5 Å². The molecule has 10 rings (SSSR count). The Bertz CT molecular complexity index is 2990. The highest BCUT2D eigenvalue weighted by atomic mass is 35.5. The fraction of sp³-hybridized carbons (Fsp3) is 0.283. The molecule has 4 aromatic carbocycles. The van der Waals surface area contributed by atoms with E-state index in [9.17, 15) is 18.4 Å². The van der Waals surface area contributed by atoms with Crippen LogP contribution in [0.15, 0.2) is 97.2 Å². The number of hydrogen-bond acceptors (Lipinski definition) is 5. The van der Waals surface area contributed by atoms with E-state index in [2.05, 4.69) is 17.9 Å². The Morgan fingerprint density at radius 1 is 0.623 bits per heavy atom. The summed E-state index contributed by atoms with van der Waals surface area (Å²) in [6, 6.07) is 23.2. The van der Waals surface area contributed by atoms with Crippen molar-refractivity contribution in [3.05, 3.63) is 174 Å². The van der Waals surface area contributed by atoms with E-state index in [1.165, 1.54) is 30.7 Å². The molecule has 2 aliphatic carbocycles. The second-order valence-corrected chi connectivity index (χ2v) is 19.7. The number of hydrogen-bond donors (Lipinski definition) is 2. The Kier molecular flexibility index (Phi) is 14.7. The Hall–Kier alpha value is -5.76. The maximum Gasteiger partial charge on any atom is 0.316 e. The number of carbonyl (C=O) groups excluding carboxylic acids is 2. The number of likely N-dealkylation sites (tertiary alicyclic amines) is 1. The fourth-order valence-electron chi connectivity index (χ4n) is 9.56. The SMILES string of the molecule is C[N+]1(NC(=O)c2nn(-c3ccc(Cl)cc3Cl)c3c2CCC/C3=C\c2ccc(F)cc2)CCCCC1.O=C(NN1C=CCCC1)c1nn(-c2ccc(Cl)cc2Cl)c2c1CCC/C2=C\c1ccc(F)cc1. The van der Waals surface area contributed by atoms with Crippen LogP contribution in [-0.4, -0.2) is 67.7 Å². The molecule has 0 spiro atoms. The molecule has 2 aromatic heterocycles. The number of benzene rings is 4. The van der Waals surface area contributed by atoms with Crippen molar-refractivity contribution >= 4 is 81.5 Å². The molecule has 6 aromatic rings. The summed E-state index contributed by atoms with van der Waals surface area (Å²) in [5.74, 6) is -0.981. The largest absolute Gasteiger partial charge is 0.316 e. The number of aromatic nitrogens is 4. The van der Waals surface area contributed by atoms with Gasteiger partial charge in [-0.15, -0.1) is 0 Å². The number of allylic oxidation sites excluding steroid dienone is 3. The van der Waals surface area contributed by atoms with Crippen LogP contribution in [0.4, 0.5) is 8.78 Å². The molecule has 0 bridgehead atoms. The monoisotopic (exact) mass is 1010 g/mol. The second kappa shape index (κ2) is 21.1. The average molecular weight is 1010 g/mol. The van der Waals surface area contributed by atoms with Crippen LogP contribution in [-0.2, 0) is 12.8 Å². The number of quaternary nitrogens is 1. The van der Waals surface area contributed by atoms with Gasteiger partial charge in [-0.1, -0.05) is 76.7 Å². The number of amides is 2.